The van der Waals surface area contributed by atoms with E-state index in [-0.39, 0.29) is 23.7 Å². The molecule has 4 heteroatoms. The minimum Gasteiger partial charge on any atom is -0.324 e. The fourth-order valence-corrected chi connectivity index (χ4v) is 2.05. The van der Waals surface area contributed by atoms with Crippen LogP contribution in [-0.2, 0) is 11.3 Å². The minimum atomic E-state index is -0.276. The van der Waals surface area contributed by atoms with Crippen molar-refractivity contribution in [3.8, 4) is 0 Å². The molecule has 0 spiro atoms. The number of rotatable bonds is 2. The SMILES string of the molecule is CC[C@H](C)[C@@H]1NCc2cc(F)ccc2NC1=O. The third kappa shape index (κ3) is 2.47. The van der Waals surface area contributed by atoms with Crippen molar-refractivity contribution in [1.82, 2.24) is 5.32 Å². The molecule has 1 heterocycles. The van der Waals surface area contributed by atoms with Crippen LogP contribution in [0.15, 0.2) is 18.2 Å². The van der Waals surface area contributed by atoms with Crippen LogP contribution in [0, 0.1) is 11.7 Å². The molecule has 1 amide bonds. The van der Waals surface area contributed by atoms with Crippen molar-refractivity contribution >= 4 is 11.6 Å². The molecular formula is C13H17FN2O. The monoisotopic (exact) mass is 236 g/mol. The summed E-state index contributed by atoms with van der Waals surface area (Å²) in [6, 6.07) is 4.23. The Labute approximate surface area is 100 Å². The zero-order chi connectivity index (χ0) is 12.4. The second-order valence-corrected chi connectivity index (χ2v) is 4.53. The number of hydrogen-bond acceptors (Lipinski definition) is 2. The molecule has 3 nitrogen and oxygen atoms in total. The third-order valence-electron chi connectivity index (χ3n) is 3.33. The van der Waals surface area contributed by atoms with Gasteiger partial charge < -0.3 is 10.6 Å². The van der Waals surface area contributed by atoms with Crippen molar-refractivity contribution in [3.05, 3.63) is 29.6 Å². The van der Waals surface area contributed by atoms with E-state index < -0.39 is 0 Å². The highest BCUT2D eigenvalue weighted by Gasteiger charge is 2.26. The Morgan fingerprint density at radius 2 is 2.29 bits per heavy atom. The van der Waals surface area contributed by atoms with E-state index in [1.165, 1.54) is 12.1 Å². The summed E-state index contributed by atoms with van der Waals surface area (Å²) in [6.07, 6.45) is 0.926. The first kappa shape index (κ1) is 12.0. The lowest BCUT2D eigenvalue weighted by molar-refractivity contribution is -0.119. The maximum absolute atomic E-state index is 13.1. The molecule has 2 rings (SSSR count). The average Bonchev–Trinajstić information content (AvgIpc) is 2.47. The van der Waals surface area contributed by atoms with Crippen molar-refractivity contribution in [2.45, 2.75) is 32.9 Å². The first-order valence-corrected chi connectivity index (χ1v) is 5.94. The van der Waals surface area contributed by atoms with E-state index in [0.29, 0.717) is 12.2 Å². The van der Waals surface area contributed by atoms with Gasteiger partial charge in [-0.1, -0.05) is 20.3 Å². The van der Waals surface area contributed by atoms with Crippen molar-refractivity contribution in [2.24, 2.45) is 5.92 Å². The number of anilines is 1. The molecular weight excluding hydrogens is 219 g/mol. The average molecular weight is 236 g/mol. The van der Waals surface area contributed by atoms with Crippen molar-refractivity contribution in [1.29, 1.82) is 0 Å². The quantitative estimate of drug-likeness (QED) is 0.827. The van der Waals surface area contributed by atoms with Gasteiger partial charge in [0, 0.05) is 12.2 Å². The van der Waals surface area contributed by atoms with Crippen LogP contribution in [-0.4, -0.2) is 11.9 Å². The Hall–Kier alpha value is -1.42. The minimum absolute atomic E-state index is 0.0373. The zero-order valence-corrected chi connectivity index (χ0v) is 10.1. The van der Waals surface area contributed by atoms with Gasteiger partial charge in [-0.15, -0.1) is 0 Å². The van der Waals surface area contributed by atoms with Crippen LogP contribution in [0.2, 0.25) is 0 Å². The molecule has 0 radical (unpaired) electrons. The van der Waals surface area contributed by atoms with E-state index in [0.717, 1.165) is 12.0 Å². The zero-order valence-electron chi connectivity index (χ0n) is 10.1. The summed E-state index contributed by atoms with van der Waals surface area (Å²) in [6.45, 7) is 4.60. The molecule has 1 aliphatic heterocycles. The Kier molecular flexibility index (Phi) is 3.43. The second kappa shape index (κ2) is 4.84. The number of carbonyl (C=O) groups is 1. The standard InChI is InChI=1S/C13H17FN2O/c1-3-8(2)12-13(17)16-11-5-4-10(14)6-9(11)7-15-12/h4-6,8,12,15H,3,7H2,1-2H3,(H,16,17)/t8-,12-/m0/s1. The highest BCUT2D eigenvalue weighted by atomic mass is 19.1. The first-order chi connectivity index (χ1) is 8.11. The molecule has 1 aromatic rings. The molecule has 17 heavy (non-hydrogen) atoms. The molecule has 0 fully saturated rings. The number of halogens is 1. The number of hydrogen-bond donors (Lipinski definition) is 2. The van der Waals surface area contributed by atoms with Gasteiger partial charge in [0.15, 0.2) is 0 Å². The van der Waals surface area contributed by atoms with E-state index in [9.17, 15) is 9.18 Å². The number of carbonyl (C=O) groups excluding carboxylic acids is 1. The third-order valence-corrected chi connectivity index (χ3v) is 3.33. The molecule has 0 aliphatic carbocycles. The van der Waals surface area contributed by atoms with Gasteiger partial charge in [-0.2, -0.15) is 0 Å². The van der Waals surface area contributed by atoms with Gasteiger partial charge in [-0.25, -0.2) is 4.39 Å². The van der Waals surface area contributed by atoms with Crippen molar-refractivity contribution in [2.75, 3.05) is 5.32 Å². The molecule has 2 atom stereocenters. The number of fused-ring (bicyclic) bond motifs is 1. The maximum atomic E-state index is 13.1. The van der Waals surface area contributed by atoms with Crippen LogP contribution in [0.5, 0.6) is 0 Å². The first-order valence-electron chi connectivity index (χ1n) is 5.94. The van der Waals surface area contributed by atoms with Crippen LogP contribution in [0.4, 0.5) is 10.1 Å². The smallest absolute Gasteiger partial charge is 0.241 e. The van der Waals surface area contributed by atoms with Crippen molar-refractivity contribution < 1.29 is 9.18 Å². The van der Waals surface area contributed by atoms with Crippen molar-refractivity contribution in [3.63, 3.8) is 0 Å². The van der Waals surface area contributed by atoms with E-state index in [1.54, 1.807) is 6.07 Å². The summed E-state index contributed by atoms with van der Waals surface area (Å²) in [5.74, 6) is -0.0549. The van der Waals surface area contributed by atoms with Crippen LogP contribution in [0.25, 0.3) is 0 Å². The Bertz CT molecular complexity index is 433. The Balaban J connectivity index is 2.25. The maximum Gasteiger partial charge on any atom is 0.241 e. The summed E-state index contributed by atoms with van der Waals surface area (Å²) in [4.78, 5) is 12.0. The molecule has 0 aromatic heterocycles. The molecule has 0 bridgehead atoms. The molecule has 2 N–H and O–H groups in total. The lowest BCUT2D eigenvalue weighted by atomic mass is 9.98. The topological polar surface area (TPSA) is 41.1 Å². The molecule has 0 saturated carbocycles. The van der Waals surface area contributed by atoms with E-state index in [2.05, 4.69) is 17.6 Å². The fourth-order valence-electron chi connectivity index (χ4n) is 2.05. The Morgan fingerprint density at radius 1 is 1.53 bits per heavy atom. The molecule has 0 saturated heterocycles. The van der Waals surface area contributed by atoms with E-state index in [4.69, 9.17) is 0 Å². The summed E-state index contributed by atoms with van der Waals surface area (Å²) < 4.78 is 13.1. The molecule has 0 unspecified atom stereocenters. The molecule has 1 aromatic carbocycles. The van der Waals surface area contributed by atoms with Crippen LogP contribution in [0.1, 0.15) is 25.8 Å². The summed E-state index contributed by atoms with van der Waals surface area (Å²) in [5.41, 5.74) is 1.50. The lowest BCUT2D eigenvalue weighted by Crippen LogP contribution is -2.42. The Morgan fingerprint density at radius 3 is 3.00 bits per heavy atom. The van der Waals surface area contributed by atoms with Gasteiger partial charge in [0.25, 0.3) is 0 Å². The van der Waals surface area contributed by atoms with Crippen LogP contribution in [0.3, 0.4) is 0 Å². The fraction of sp³-hybridized carbons (Fsp3) is 0.462. The van der Waals surface area contributed by atoms with Gasteiger partial charge in [-0.3, -0.25) is 4.79 Å². The lowest BCUT2D eigenvalue weighted by Gasteiger charge is -2.20. The van der Waals surface area contributed by atoms with Gasteiger partial charge >= 0.3 is 0 Å². The van der Waals surface area contributed by atoms with Crippen LogP contribution < -0.4 is 10.6 Å². The van der Waals surface area contributed by atoms with E-state index in [1.807, 2.05) is 6.92 Å². The number of nitrogens with one attached hydrogen (secondary N) is 2. The highest BCUT2D eigenvalue weighted by molar-refractivity contribution is 5.96. The largest absolute Gasteiger partial charge is 0.324 e. The predicted octanol–water partition coefficient (Wildman–Crippen LogP) is 2.28. The second-order valence-electron chi connectivity index (χ2n) is 4.53. The predicted molar refractivity (Wildman–Crippen MR) is 65.1 cm³/mol. The van der Waals surface area contributed by atoms with Gasteiger partial charge in [0.1, 0.15) is 5.82 Å². The molecule has 1 aliphatic rings. The summed E-state index contributed by atoms with van der Waals surface area (Å²) in [5, 5.41) is 6.03. The van der Waals surface area contributed by atoms with Crippen LogP contribution >= 0.6 is 0 Å². The van der Waals surface area contributed by atoms with E-state index >= 15 is 0 Å². The number of amides is 1. The normalized spacial score (nSPS) is 21.4. The van der Waals surface area contributed by atoms with Gasteiger partial charge in [0.05, 0.1) is 6.04 Å². The number of benzene rings is 1. The van der Waals surface area contributed by atoms with Gasteiger partial charge in [-0.05, 0) is 29.7 Å². The summed E-state index contributed by atoms with van der Waals surface area (Å²) in [7, 11) is 0. The highest BCUT2D eigenvalue weighted by Crippen LogP contribution is 2.22. The summed E-state index contributed by atoms with van der Waals surface area (Å²) >= 11 is 0. The molecule has 92 valence electrons. The van der Waals surface area contributed by atoms with Gasteiger partial charge in [0.2, 0.25) is 5.91 Å².